The van der Waals surface area contributed by atoms with Gasteiger partial charge >= 0.3 is 0 Å². The number of aromatic nitrogens is 1. The monoisotopic (exact) mass is 262 g/mol. The molecule has 0 spiro atoms. The van der Waals surface area contributed by atoms with Gasteiger partial charge in [-0.1, -0.05) is 0 Å². The van der Waals surface area contributed by atoms with Crippen LogP contribution in [0.25, 0.3) is 0 Å². The molecule has 104 valence electrons. The molecule has 1 saturated heterocycles. The van der Waals surface area contributed by atoms with E-state index in [1.165, 1.54) is 0 Å². The van der Waals surface area contributed by atoms with Gasteiger partial charge in [0.25, 0.3) is 0 Å². The summed E-state index contributed by atoms with van der Waals surface area (Å²) in [6.45, 7) is 4.66. The van der Waals surface area contributed by atoms with Gasteiger partial charge in [0.15, 0.2) is 0 Å². The molecule has 19 heavy (non-hydrogen) atoms. The molecule has 2 rings (SSSR count). The van der Waals surface area contributed by atoms with Crippen LogP contribution in [0.15, 0.2) is 12.3 Å². The molecular weight excluding hydrogens is 240 g/mol. The summed E-state index contributed by atoms with van der Waals surface area (Å²) < 4.78 is 0. The highest BCUT2D eigenvalue weighted by Gasteiger charge is 2.20. The molecular formula is C14H22N4O. The van der Waals surface area contributed by atoms with Gasteiger partial charge in [0.1, 0.15) is 5.82 Å². The Morgan fingerprint density at radius 3 is 2.74 bits per heavy atom. The van der Waals surface area contributed by atoms with Crippen LogP contribution >= 0.6 is 0 Å². The van der Waals surface area contributed by atoms with Crippen LogP contribution in [0.1, 0.15) is 24.0 Å². The SMILES string of the molecule is Cc1cc(CN)cnc1N(C)CC(=O)N1CCCC1. The number of rotatable bonds is 4. The van der Waals surface area contributed by atoms with E-state index >= 15 is 0 Å². The summed E-state index contributed by atoms with van der Waals surface area (Å²) in [7, 11) is 1.91. The number of anilines is 1. The normalized spacial score (nSPS) is 14.8. The van der Waals surface area contributed by atoms with Gasteiger partial charge in [0.2, 0.25) is 5.91 Å². The molecule has 0 aromatic carbocycles. The Balaban J connectivity index is 2.02. The fraction of sp³-hybridized carbons (Fsp3) is 0.571. The zero-order valence-electron chi connectivity index (χ0n) is 11.7. The third-order valence-electron chi connectivity index (χ3n) is 3.54. The number of nitrogens with two attached hydrogens (primary N) is 1. The molecule has 5 heteroatoms. The molecule has 1 aliphatic heterocycles. The van der Waals surface area contributed by atoms with Gasteiger partial charge in [-0.3, -0.25) is 4.79 Å². The second kappa shape index (κ2) is 6.02. The summed E-state index contributed by atoms with van der Waals surface area (Å²) in [4.78, 5) is 20.3. The van der Waals surface area contributed by atoms with Crippen molar-refractivity contribution in [3.63, 3.8) is 0 Å². The number of aryl methyl sites for hydroxylation is 1. The van der Waals surface area contributed by atoms with Crippen molar-refractivity contribution in [3.8, 4) is 0 Å². The Hall–Kier alpha value is -1.62. The summed E-state index contributed by atoms with van der Waals surface area (Å²) in [5.74, 6) is 1.04. The zero-order chi connectivity index (χ0) is 13.8. The highest BCUT2D eigenvalue weighted by Crippen LogP contribution is 2.17. The van der Waals surface area contributed by atoms with Crippen LogP contribution in [-0.2, 0) is 11.3 Å². The van der Waals surface area contributed by atoms with Gasteiger partial charge in [0, 0.05) is 32.9 Å². The number of likely N-dealkylation sites (N-methyl/N-ethyl adjacent to an activating group) is 1. The molecule has 1 aromatic rings. The molecule has 0 atom stereocenters. The Kier molecular flexibility index (Phi) is 4.37. The smallest absolute Gasteiger partial charge is 0.242 e. The van der Waals surface area contributed by atoms with E-state index in [9.17, 15) is 4.79 Å². The fourth-order valence-corrected chi connectivity index (χ4v) is 2.48. The van der Waals surface area contributed by atoms with Crippen molar-refractivity contribution in [1.29, 1.82) is 0 Å². The predicted molar refractivity (Wildman–Crippen MR) is 75.9 cm³/mol. The summed E-state index contributed by atoms with van der Waals surface area (Å²) in [6.07, 6.45) is 4.02. The minimum absolute atomic E-state index is 0.184. The van der Waals surface area contributed by atoms with Crippen LogP contribution in [0.2, 0.25) is 0 Å². The lowest BCUT2D eigenvalue weighted by molar-refractivity contribution is -0.128. The Morgan fingerprint density at radius 2 is 2.16 bits per heavy atom. The average molecular weight is 262 g/mol. The van der Waals surface area contributed by atoms with Crippen LogP contribution in [-0.4, -0.2) is 42.5 Å². The highest BCUT2D eigenvalue weighted by atomic mass is 16.2. The van der Waals surface area contributed by atoms with Crippen molar-refractivity contribution in [1.82, 2.24) is 9.88 Å². The van der Waals surface area contributed by atoms with E-state index in [1.54, 1.807) is 6.20 Å². The van der Waals surface area contributed by atoms with Crippen LogP contribution in [0.3, 0.4) is 0 Å². The van der Waals surface area contributed by atoms with Crippen molar-refractivity contribution in [2.75, 3.05) is 31.6 Å². The quantitative estimate of drug-likeness (QED) is 0.876. The molecule has 0 bridgehead atoms. The average Bonchev–Trinajstić information content (AvgIpc) is 2.92. The zero-order valence-corrected chi connectivity index (χ0v) is 11.7. The van der Waals surface area contributed by atoms with E-state index in [1.807, 2.05) is 29.8 Å². The minimum Gasteiger partial charge on any atom is -0.350 e. The second-order valence-electron chi connectivity index (χ2n) is 5.13. The molecule has 2 N–H and O–H groups in total. The number of nitrogens with zero attached hydrogens (tertiary/aromatic N) is 3. The van der Waals surface area contributed by atoms with E-state index in [4.69, 9.17) is 5.73 Å². The van der Waals surface area contributed by atoms with Gasteiger partial charge < -0.3 is 15.5 Å². The standard InChI is InChI=1S/C14H22N4O/c1-11-7-12(8-15)9-16-14(11)17(2)10-13(19)18-5-3-4-6-18/h7,9H,3-6,8,10,15H2,1-2H3. The van der Waals surface area contributed by atoms with Crippen molar-refractivity contribution in [2.24, 2.45) is 5.73 Å². The van der Waals surface area contributed by atoms with Gasteiger partial charge in [-0.05, 0) is 37.0 Å². The van der Waals surface area contributed by atoms with Crippen molar-refractivity contribution in [3.05, 3.63) is 23.4 Å². The number of carbonyl (C=O) groups is 1. The number of pyridine rings is 1. The molecule has 1 amide bonds. The van der Waals surface area contributed by atoms with E-state index in [-0.39, 0.29) is 5.91 Å². The Labute approximate surface area is 114 Å². The van der Waals surface area contributed by atoms with Crippen LogP contribution < -0.4 is 10.6 Å². The van der Waals surface area contributed by atoms with Crippen molar-refractivity contribution >= 4 is 11.7 Å². The number of carbonyl (C=O) groups excluding carboxylic acids is 1. The lowest BCUT2D eigenvalue weighted by Crippen LogP contribution is -2.37. The second-order valence-corrected chi connectivity index (χ2v) is 5.13. The lowest BCUT2D eigenvalue weighted by atomic mass is 10.2. The van der Waals surface area contributed by atoms with Crippen molar-refractivity contribution in [2.45, 2.75) is 26.3 Å². The minimum atomic E-state index is 0.184. The molecule has 0 saturated carbocycles. The molecule has 2 heterocycles. The first-order valence-electron chi connectivity index (χ1n) is 6.76. The molecule has 1 aliphatic rings. The molecule has 0 aliphatic carbocycles. The largest absolute Gasteiger partial charge is 0.350 e. The first-order chi connectivity index (χ1) is 9.11. The summed E-state index contributed by atoms with van der Waals surface area (Å²) >= 11 is 0. The molecule has 1 fully saturated rings. The first kappa shape index (κ1) is 13.8. The molecule has 1 aromatic heterocycles. The summed E-state index contributed by atoms with van der Waals surface area (Å²) in [5.41, 5.74) is 7.66. The Morgan fingerprint density at radius 1 is 1.47 bits per heavy atom. The lowest BCUT2D eigenvalue weighted by Gasteiger charge is -2.23. The molecule has 5 nitrogen and oxygen atoms in total. The van der Waals surface area contributed by atoms with Gasteiger partial charge in [-0.15, -0.1) is 0 Å². The summed E-state index contributed by atoms with van der Waals surface area (Å²) in [5, 5.41) is 0. The van der Waals surface area contributed by atoms with Crippen LogP contribution in [0.4, 0.5) is 5.82 Å². The maximum absolute atomic E-state index is 12.1. The highest BCUT2D eigenvalue weighted by molar-refractivity contribution is 5.81. The third kappa shape index (κ3) is 3.23. The topological polar surface area (TPSA) is 62.5 Å². The van der Waals surface area contributed by atoms with E-state index in [0.29, 0.717) is 13.1 Å². The third-order valence-corrected chi connectivity index (χ3v) is 3.54. The number of likely N-dealkylation sites (tertiary alicyclic amines) is 1. The van der Waals surface area contributed by atoms with Gasteiger partial charge in [-0.2, -0.15) is 0 Å². The van der Waals surface area contributed by atoms with Crippen LogP contribution in [0.5, 0.6) is 0 Å². The first-order valence-corrected chi connectivity index (χ1v) is 6.76. The maximum atomic E-state index is 12.1. The fourth-order valence-electron chi connectivity index (χ4n) is 2.48. The van der Waals surface area contributed by atoms with E-state index < -0.39 is 0 Å². The van der Waals surface area contributed by atoms with Gasteiger partial charge in [-0.25, -0.2) is 4.98 Å². The molecule has 0 radical (unpaired) electrons. The maximum Gasteiger partial charge on any atom is 0.242 e. The van der Waals surface area contributed by atoms with Crippen molar-refractivity contribution < 1.29 is 4.79 Å². The number of hydrogen-bond acceptors (Lipinski definition) is 4. The molecule has 0 unspecified atom stereocenters. The van der Waals surface area contributed by atoms with Crippen LogP contribution in [0, 0.1) is 6.92 Å². The van der Waals surface area contributed by atoms with E-state index in [0.717, 1.165) is 42.9 Å². The predicted octanol–water partition coefficient (Wildman–Crippen LogP) is 0.907. The van der Waals surface area contributed by atoms with E-state index in [2.05, 4.69) is 4.98 Å². The van der Waals surface area contributed by atoms with Gasteiger partial charge in [0.05, 0.1) is 6.54 Å². The Bertz CT molecular complexity index is 455. The summed E-state index contributed by atoms with van der Waals surface area (Å²) in [6, 6.07) is 2.03. The number of amides is 1. The number of hydrogen-bond donors (Lipinski definition) is 1.